The SMILES string of the molecule is Nc1ccc2cc(-c3cc(-c4ccc5cc(N)ccc5c4)c4ccc5c(-c6ccc7cc(N)ccc7c6)cc(-c6ccc7cc(N)ccc7c6)c6ccc3c4c65)ccc2c1. The summed E-state index contributed by atoms with van der Waals surface area (Å²) >= 11 is 0. The summed E-state index contributed by atoms with van der Waals surface area (Å²) in [6.07, 6.45) is 0. The van der Waals surface area contributed by atoms with Crippen molar-refractivity contribution in [2.24, 2.45) is 0 Å². The molecule has 12 aromatic rings. The zero-order valence-corrected chi connectivity index (χ0v) is 32.6. The van der Waals surface area contributed by atoms with E-state index in [4.69, 9.17) is 22.9 Å². The lowest BCUT2D eigenvalue weighted by Gasteiger charge is -2.22. The molecule has 0 aliphatic carbocycles. The van der Waals surface area contributed by atoms with Crippen LogP contribution in [0.15, 0.2) is 182 Å². The van der Waals surface area contributed by atoms with E-state index in [0.717, 1.165) is 88.1 Å². The molecule has 0 atom stereocenters. The van der Waals surface area contributed by atoms with Gasteiger partial charge in [-0.05, 0) is 205 Å². The van der Waals surface area contributed by atoms with Crippen molar-refractivity contribution in [2.45, 2.75) is 0 Å². The second-order valence-electron chi connectivity index (χ2n) is 16.3. The zero-order chi connectivity index (χ0) is 40.2. The van der Waals surface area contributed by atoms with Gasteiger partial charge in [-0.1, -0.05) is 97.1 Å². The Balaban J connectivity index is 1.22. The number of fused-ring (bicyclic) bond motifs is 4. The molecule has 4 nitrogen and oxygen atoms in total. The van der Waals surface area contributed by atoms with Crippen LogP contribution in [0, 0.1) is 0 Å². The summed E-state index contributed by atoms with van der Waals surface area (Å²) in [5.74, 6) is 0. The number of nitrogen functional groups attached to an aromatic ring is 4. The predicted octanol–water partition coefficient (Wildman–Crippen LogP) is 14.2. The Morgan fingerprint density at radius 1 is 0.200 bits per heavy atom. The van der Waals surface area contributed by atoms with E-state index in [0.29, 0.717) is 0 Å². The van der Waals surface area contributed by atoms with Crippen LogP contribution in [0.3, 0.4) is 0 Å². The van der Waals surface area contributed by atoms with E-state index in [2.05, 4.69) is 133 Å². The predicted molar refractivity (Wildman–Crippen MR) is 260 cm³/mol. The molecule has 12 rings (SSSR count). The number of rotatable bonds is 4. The molecule has 8 N–H and O–H groups in total. The second-order valence-corrected chi connectivity index (χ2v) is 16.3. The van der Waals surface area contributed by atoms with Crippen LogP contribution in [0.5, 0.6) is 0 Å². The van der Waals surface area contributed by atoms with Crippen molar-refractivity contribution in [3.8, 4) is 44.5 Å². The minimum Gasteiger partial charge on any atom is -0.399 e. The van der Waals surface area contributed by atoms with Gasteiger partial charge in [0.05, 0.1) is 0 Å². The largest absolute Gasteiger partial charge is 0.399 e. The molecule has 0 aliphatic heterocycles. The molecule has 282 valence electrons. The molecule has 0 amide bonds. The molecule has 4 heteroatoms. The molecule has 0 unspecified atom stereocenters. The van der Waals surface area contributed by atoms with E-state index in [-0.39, 0.29) is 0 Å². The Labute approximate surface area is 346 Å². The van der Waals surface area contributed by atoms with E-state index >= 15 is 0 Å². The van der Waals surface area contributed by atoms with Crippen molar-refractivity contribution >= 4 is 98.2 Å². The Hall–Kier alpha value is -8.08. The Morgan fingerprint density at radius 2 is 0.417 bits per heavy atom. The van der Waals surface area contributed by atoms with Crippen molar-refractivity contribution < 1.29 is 0 Å². The molecule has 0 saturated heterocycles. The van der Waals surface area contributed by atoms with Crippen molar-refractivity contribution in [3.63, 3.8) is 0 Å². The van der Waals surface area contributed by atoms with E-state index in [1.54, 1.807) is 0 Å². The average Bonchev–Trinajstić information content (AvgIpc) is 3.27. The molecule has 0 aliphatic rings. The smallest absolute Gasteiger partial charge is 0.0320 e. The van der Waals surface area contributed by atoms with Gasteiger partial charge in [-0.15, -0.1) is 0 Å². The summed E-state index contributed by atoms with van der Waals surface area (Å²) in [6.45, 7) is 0. The summed E-state index contributed by atoms with van der Waals surface area (Å²) in [5, 5.41) is 16.4. The average molecular weight is 767 g/mol. The van der Waals surface area contributed by atoms with Crippen LogP contribution >= 0.6 is 0 Å². The number of hydrogen-bond acceptors (Lipinski definition) is 4. The molecule has 0 spiro atoms. The molecule has 0 bridgehead atoms. The minimum atomic E-state index is 0.760. The van der Waals surface area contributed by atoms with Crippen molar-refractivity contribution in [3.05, 3.63) is 182 Å². The van der Waals surface area contributed by atoms with Crippen LogP contribution in [-0.2, 0) is 0 Å². The first-order chi connectivity index (χ1) is 29.3. The summed E-state index contributed by atoms with van der Waals surface area (Å²) in [5.41, 5.74) is 37.3. The van der Waals surface area contributed by atoms with Crippen LogP contribution in [0.1, 0.15) is 0 Å². The van der Waals surface area contributed by atoms with Gasteiger partial charge in [-0.3, -0.25) is 0 Å². The van der Waals surface area contributed by atoms with Crippen LogP contribution in [0.25, 0.3) is 120 Å². The maximum Gasteiger partial charge on any atom is 0.0320 e. The number of anilines is 4. The topological polar surface area (TPSA) is 104 Å². The maximum atomic E-state index is 6.22. The second kappa shape index (κ2) is 12.7. The maximum absolute atomic E-state index is 6.22. The molecule has 60 heavy (non-hydrogen) atoms. The van der Waals surface area contributed by atoms with Gasteiger partial charge >= 0.3 is 0 Å². The fourth-order valence-corrected chi connectivity index (χ4v) is 9.68. The summed E-state index contributed by atoms with van der Waals surface area (Å²) in [6, 6.07) is 65.6. The van der Waals surface area contributed by atoms with Crippen molar-refractivity contribution in [2.75, 3.05) is 22.9 Å². The van der Waals surface area contributed by atoms with Crippen molar-refractivity contribution in [1.82, 2.24) is 0 Å². The van der Waals surface area contributed by atoms with Gasteiger partial charge in [-0.25, -0.2) is 0 Å². The summed E-state index contributed by atoms with van der Waals surface area (Å²) in [4.78, 5) is 0. The highest BCUT2D eigenvalue weighted by Gasteiger charge is 2.22. The van der Waals surface area contributed by atoms with Crippen LogP contribution in [-0.4, -0.2) is 0 Å². The minimum absolute atomic E-state index is 0.760. The highest BCUT2D eigenvalue weighted by Crippen LogP contribution is 2.49. The standard InChI is InChI=1S/C56H38N4/c57-43-13-9-31-21-39(5-1-35(31)25-43)51-29-52(40-6-2-36-26-44(58)14-10-32(36)22-40)48-19-20-50-54(42-8-4-38-28-46(60)16-12-34(38)24-42)30-53(49-18-17-47(51)55(48)56(49)50)41-7-3-37-27-45(59)15-11-33(37)23-41/h1-30H,57-60H2. The van der Waals surface area contributed by atoms with E-state index in [1.807, 2.05) is 48.5 Å². The lowest BCUT2D eigenvalue weighted by Crippen LogP contribution is -1.95. The molecule has 12 aromatic carbocycles. The van der Waals surface area contributed by atoms with Gasteiger partial charge in [-0.2, -0.15) is 0 Å². The number of nitrogens with two attached hydrogens (primary N) is 4. The quantitative estimate of drug-likeness (QED) is 0.106. The third-order valence-corrected chi connectivity index (χ3v) is 12.6. The first-order valence-electron chi connectivity index (χ1n) is 20.3. The lowest BCUT2D eigenvalue weighted by molar-refractivity contribution is 1.65. The first-order valence-corrected chi connectivity index (χ1v) is 20.3. The molecular formula is C56H38N4. The van der Waals surface area contributed by atoms with Gasteiger partial charge in [0, 0.05) is 22.7 Å². The third-order valence-electron chi connectivity index (χ3n) is 12.6. The highest BCUT2D eigenvalue weighted by atomic mass is 14.5. The molecule has 0 aromatic heterocycles. The Kier molecular flexibility index (Phi) is 7.20. The molecular weight excluding hydrogens is 729 g/mol. The number of benzene rings is 12. The summed E-state index contributed by atoms with van der Waals surface area (Å²) < 4.78 is 0. The van der Waals surface area contributed by atoms with Gasteiger partial charge < -0.3 is 22.9 Å². The van der Waals surface area contributed by atoms with Gasteiger partial charge in [0.25, 0.3) is 0 Å². The van der Waals surface area contributed by atoms with Crippen LogP contribution in [0.4, 0.5) is 22.7 Å². The Bertz CT molecular complexity index is 3280. The van der Waals surface area contributed by atoms with Gasteiger partial charge in [0.2, 0.25) is 0 Å². The van der Waals surface area contributed by atoms with Crippen LogP contribution < -0.4 is 22.9 Å². The van der Waals surface area contributed by atoms with Gasteiger partial charge in [0.1, 0.15) is 0 Å². The zero-order valence-electron chi connectivity index (χ0n) is 32.6. The normalized spacial score (nSPS) is 11.9. The first kappa shape index (κ1) is 34.0. The molecule has 0 radical (unpaired) electrons. The summed E-state index contributed by atoms with van der Waals surface area (Å²) in [7, 11) is 0. The number of hydrogen-bond donors (Lipinski definition) is 4. The molecule has 0 saturated carbocycles. The van der Waals surface area contributed by atoms with E-state index in [1.165, 1.54) is 54.6 Å². The monoisotopic (exact) mass is 766 g/mol. The van der Waals surface area contributed by atoms with E-state index < -0.39 is 0 Å². The van der Waals surface area contributed by atoms with Crippen molar-refractivity contribution in [1.29, 1.82) is 0 Å². The fourth-order valence-electron chi connectivity index (χ4n) is 9.68. The van der Waals surface area contributed by atoms with E-state index in [9.17, 15) is 0 Å². The molecule has 0 fully saturated rings. The highest BCUT2D eigenvalue weighted by molar-refractivity contribution is 6.32. The third kappa shape index (κ3) is 5.32. The Morgan fingerprint density at radius 3 is 0.667 bits per heavy atom. The van der Waals surface area contributed by atoms with Gasteiger partial charge in [0.15, 0.2) is 0 Å². The lowest BCUT2D eigenvalue weighted by atomic mass is 9.81. The van der Waals surface area contributed by atoms with Crippen LogP contribution in [0.2, 0.25) is 0 Å². The fraction of sp³-hybridized carbons (Fsp3) is 0. The molecule has 0 heterocycles.